The standard InChI is InChI=1S/C18H22N4O2/c1-11-9-21(10-12(2)24-11)18-13(3)14(4)19-17-8-15(20-22(17)18)16-6-5-7-23-16/h5-8,11-12H,9-10H2,1-4H3/t11-,12-/m0/s1. The Morgan fingerprint density at radius 3 is 2.58 bits per heavy atom. The van der Waals surface area contributed by atoms with Crippen LogP contribution in [0.3, 0.4) is 0 Å². The molecule has 1 saturated heterocycles. The Hall–Kier alpha value is -2.34. The van der Waals surface area contributed by atoms with Crippen LogP contribution in [0, 0.1) is 13.8 Å². The summed E-state index contributed by atoms with van der Waals surface area (Å²) in [5.41, 5.74) is 3.81. The van der Waals surface area contributed by atoms with E-state index in [-0.39, 0.29) is 12.2 Å². The van der Waals surface area contributed by atoms with Gasteiger partial charge in [0.2, 0.25) is 0 Å². The third-order valence-corrected chi connectivity index (χ3v) is 4.54. The quantitative estimate of drug-likeness (QED) is 0.724. The van der Waals surface area contributed by atoms with Crippen molar-refractivity contribution in [1.29, 1.82) is 0 Å². The van der Waals surface area contributed by atoms with Crippen LogP contribution in [0.15, 0.2) is 28.9 Å². The molecule has 1 aliphatic rings. The van der Waals surface area contributed by atoms with Gasteiger partial charge in [-0.05, 0) is 39.8 Å². The average Bonchev–Trinajstić information content (AvgIpc) is 3.16. The largest absolute Gasteiger partial charge is 0.463 e. The van der Waals surface area contributed by atoms with Crippen LogP contribution in [0.5, 0.6) is 0 Å². The van der Waals surface area contributed by atoms with E-state index in [1.165, 1.54) is 0 Å². The number of ether oxygens (including phenoxy) is 1. The van der Waals surface area contributed by atoms with Crippen LogP contribution in [-0.4, -0.2) is 39.9 Å². The van der Waals surface area contributed by atoms with Crippen LogP contribution in [0.1, 0.15) is 25.1 Å². The molecule has 0 aromatic carbocycles. The molecule has 6 heteroatoms. The summed E-state index contributed by atoms with van der Waals surface area (Å²) in [6.07, 6.45) is 2.05. The van der Waals surface area contributed by atoms with E-state index in [0.29, 0.717) is 0 Å². The lowest BCUT2D eigenvalue weighted by atomic mass is 10.2. The molecule has 0 bridgehead atoms. The fraction of sp³-hybridized carbons (Fsp3) is 0.444. The molecule has 0 spiro atoms. The van der Waals surface area contributed by atoms with Crippen LogP contribution in [0.2, 0.25) is 0 Å². The zero-order valence-electron chi connectivity index (χ0n) is 14.5. The first-order valence-corrected chi connectivity index (χ1v) is 8.34. The number of rotatable bonds is 2. The summed E-state index contributed by atoms with van der Waals surface area (Å²) in [7, 11) is 0. The van der Waals surface area contributed by atoms with E-state index >= 15 is 0 Å². The maximum absolute atomic E-state index is 5.88. The second-order valence-corrected chi connectivity index (χ2v) is 6.59. The van der Waals surface area contributed by atoms with Gasteiger partial charge < -0.3 is 14.1 Å². The summed E-state index contributed by atoms with van der Waals surface area (Å²) in [6, 6.07) is 5.76. The molecule has 0 radical (unpaired) electrons. The maximum Gasteiger partial charge on any atom is 0.158 e. The Balaban J connectivity index is 1.88. The Morgan fingerprint density at radius 1 is 1.17 bits per heavy atom. The van der Waals surface area contributed by atoms with E-state index in [0.717, 1.165) is 47.3 Å². The van der Waals surface area contributed by atoms with Gasteiger partial charge in [-0.25, -0.2) is 4.98 Å². The molecule has 126 valence electrons. The van der Waals surface area contributed by atoms with Gasteiger partial charge in [-0.2, -0.15) is 9.61 Å². The molecule has 3 aromatic rings. The molecule has 0 unspecified atom stereocenters. The van der Waals surface area contributed by atoms with Gasteiger partial charge in [-0.15, -0.1) is 0 Å². The van der Waals surface area contributed by atoms with Crippen molar-refractivity contribution in [3.05, 3.63) is 35.7 Å². The minimum absolute atomic E-state index is 0.191. The van der Waals surface area contributed by atoms with Crippen molar-refractivity contribution in [3.8, 4) is 11.5 Å². The van der Waals surface area contributed by atoms with Gasteiger partial charge in [0.1, 0.15) is 11.5 Å². The Morgan fingerprint density at radius 2 is 1.92 bits per heavy atom. The summed E-state index contributed by atoms with van der Waals surface area (Å²) in [4.78, 5) is 7.06. The zero-order chi connectivity index (χ0) is 16.8. The van der Waals surface area contributed by atoms with E-state index < -0.39 is 0 Å². The number of fused-ring (bicyclic) bond motifs is 1. The topological polar surface area (TPSA) is 55.8 Å². The van der Waals surface area contributed by atoms with Gasteiger partial charge in [0.05, 0.1) is 18.5 Å². The molecule has 1 fully saturated rings. The van der Waals surface area contributed by atoms with E-state index in [9.17, 15) is 0 Å². The molecule has 24 heavy (non-hydrogen) atoms. The molecule has 0 amide bonds. The maximum atomic E-state index is 5.88. The highest BCUT2D eigenvalue weighted by Crippen LogP contribution is 2.29. The van der Waals surface area contributed by atoms with Crippen molar-refractivity contribution < 1.29 is 9.15 Å². The van der Waals surface area contributed by atoms with Gasteiger partial charge in [0.15, 0.2) is 11.4 Å². The highest BCUT2D eigenvalue weighted by atomic mass is 16.5. The van der Waals surface area contributed by atoms with Gasteiger partial charge in [0, 0.05) is 30.4 Å². The number of anilines is 1. The molecule has 0 N–H and O–H groups in total. The molecule has 2 atom stereocenters. The number of furan rings is 1. The van der Waals surface area contributed by atoms with E-state index in [1.54, 1.807) is 6.26 Å². The third kappa shape index (κ3) is 2.47. The van der Waals surface area contributed by atoms with E-state index in [2.05, 4.69) is 25.7 Å². The van der Waals surface area contributed by atoms with Crippen molar-refractivity contribution in [1.82, 2.24) is 14.6 Å². The predicted octanol–water partition coefficient (Wildman–Crippen LogP) is 3.22. The lowest BCUT2D eigenvalue weighted by Crippen LogP contribution is -2.46. The van der Waals surface area contributed by atoms with Crippen LogP contribution < -0.4 is 4.90 Å². The fourth-order valence-electron chi connectivity index (χ4n) is 3.45. The fourth-order valence-corrected chi connectivity index (χ4v) is 3.45. The number of morpholine rings is 1. The Labute approximate surface area is 141 Å². The molecular formula is C18H22N4O2. The smallest absolute Gasteiger partial charge is 0.158 e. The molecule has 3 aromatic heterocycles. The number of nitrogens with zero attached hydrogens (tertiary/aromatic N) is 4. The number of hydrogen-bond acceptors (Lipinski definition) is 5. The molecule has 4 heterocycles. The van der Waals surface area contributed by atoms with Crippen molar-refractivity contribution in [2.75, 3.05) is 18.0 Å². The molecule has 4 rings (SSSR count). The molecule has 6 nitrogen and oxygen atoms in total. The van der Waals surface area contributed by atoms with Crippen molar-refractivity contribution in [3.63, 3.8) is 0 Å². The second kappa shape index (κ2) is 5.63. The minimum Gasteiger partial charge on any atom is -0.463 e. The highest BCUT2D eigenvalue weighted by molar-refractivity contribution is 5.64. The summed E-state index contributed by atoms with van der Waals surface area (Å²) >= 11 is 0. The lowest BCUT2D eigenvalue weighted by Gasteiger charge is -2.37. The number of aryl methyl sites for hydroxylation is 1. The van der Waals surface area contributed by atoms with Gasteiger partial charge in [0.25, 0.3) is 0 Å². The average molecular weight is 326 g/mol. The molecule has 0 saturated carbocycles. The minimum atomic E-state index is 0.191. The first-order valence-electron chi connectivity index (χ1n) is 8.34. The summed E-state index contributed by atoms with van der Waals surface area (Å²) in [6.45, 7) is 10.1. The van der Waals surface area contributed by atoms with Crippen LogP contribution in [0.25, 0.3) is 17.1 Å². The van der Waals surface area contributed by atoms with Crippen molar-refractivity contribution in [2.24, 2.45) is 0 Å². The van der Waals surface area contributed by atoms with Crippen molar-refractivity contribution >= 4 is 11.5 Å². The monoisotopic (exact) mass is 326 g/mol. The summed E-state index contributed by atoms with van der Waals surface area (Å²) < 4.78 is 13.3. The first-order chi connectivity index (χ1) is 11.5. The van der Waals surface area contributed by atoms with E-state index in [4.69, 9.17) is 19.2 Å². The SMILES string of the molecule is Cc1nc2cc(-c3ccco3)nn2c(N2C[C@H](C)O[C@@H](C)C2)c1C. The number of hydrogen-bond donors (Lipinski definition) is 0. The normalized spacial score (nSPS) is 21.6. The summed E-state index contributed by atoms with van der Waals surface area (Å²) in [5.74, 6) is 1.85. The summed E-state index contributed by atoms with van der Waals surface area (Å²) in [5, 5.41) is 4.76. The van der Waals surface area contributed by atoms with Crippen LogP contribution in [-0.2, 0) is 4.74 Å². The van der Waals surface area contributed by atoms with Crippen LogP contribution >= 0.6 is 0 Å². The van der Waals surface area contributed by atoms with Crippen molar-refractivity contribution in [2.45, 2.75) is 39.9 Å². The number of aromatic nitrogens is 3. The highest BCUT2D eigenvalue weighted by Gasteiger charge is 2.27. The molecule has 0 aliphatic carbocycles. The lowest BCUT2D eigenvalue weighted by molar-refractivity contribution is -0.00561. The second-order valence-electron chi connectivity index (χ2n) is 6.59. The van der Waals surface area contributed by atoms with Gasteiger partial charge in [-0.1, -0.05) is 0 Å². The zero-order valence-corrected chi connectivity index (χ0v) is 14.5. The first kappa shape index (κ1) is 15.2. The predicted molar refractivity (Wildman–Crippen MR) is 92.4 cm³/mol. The Kier molecular flexibility index (Phi) is 3.57. The van der Waals surface area contributed by atoms with E-state index in [1.807, 2.05) is 29.6 Å². The Bertz CT molecular complexity index is 859. The van der Waals surface area contributed by atoms with Gasteiger partial charge in [-0.3, -0.25) is 0 Å². The molecule has 1 aliphatic heterocycles. The van der Waals surface area contributed by atoms with Gasteiger partial charge >= 0.3 is 0 Å². The molecular weight excluding hydrogens is 304 g/mol. The van der Waals surface area contributed by atoms with Crippen LogP contribution in [0.4, 0.5) is 5.82 Å². The third-order valence-electron chi connectivity index (χ3n) is 4.54.